The molecule has 84 valence electrons. The van der Waals surface area contributed by atoms with Gasteiger partial charge in [-0.3, -0.25) is 0 Å². The number of nitrogens with one attached hydrogen (secondary N) is 1. The van der Waals surface area contributed by atoms with Gasteiger partial charge >= 0.3 is 0 Å². The summed E-state index contributed by atoms with van der Waals surface area (Å²) in [4.78, 5) is 6.46. The van der Waals surface area contributed by atoms with Gasteiger partial charge in [0.15, 0.2) is 0 Å². The predicted molar refractivity (Wildman–Crippen MR) is 63.2 cm³/mol. The molecule has 1 unspecified atom stereocenters. The molecular weight excluding hydrogens is 200 g/mol. The molecule has 4 heteroatoms. The van der Waals surface area contributed by atoms with Crippen molar-refractivity contribution in [2.24, 2.45) is 0 Å². The molecule has 1 saturated heterocycles. The average Bonchev–Trinajstić information content (AvgIpc) is 2.85. The molecular formula is C12H16N4. The third kappa shape index (κ3) is 2.15. The standard InChI is InChI=1S/C12H16N4/c1-2-16(12-5-6-14-8-12)11-4-3-10(7-13)15-9-11/h3-4,9,12,14H,2,5-6,8H2,1H3. The monoisotopic (exact) mass is 216 g/mol. The topological polar surface area (TPSA) is 52.0 Å². The Kier molecular flexibility index (Phi) is 3.37. The van der Waals surface area contributed by atoms with Crippen LogP contribution in [0.2, 0.25) is 0 Å². The molecule has 1 aromatic rings. The summed E-state index contributed by atoms with van der Waals surface area (Å²) in [6.45, 7) is 5.25. The van der Waals surface area contributed by atoms with E-state index >= 15 is 0 Å². The minimum Gasteiger partial charge on any atom is -0.366 e. The predicted octanol–water partition coefficient (Wildman–Crippen LogP) is 1.14. The van der Waals surface area contributed by atoms with Gasteiger partial charge < -0.3 is 10.2 Å². The van der Waals surface area contributed by atoms with Crippen molar-refractivity contribution in [2.75, 3.05) is 24.5 Å². The molecule has 0 amide bonds. The lowest BCUT2D eigenvalue weighted by molar-refractivity contribution is 0.647. The molecule has 0 spiro atoms. The normalized spacial score (nSPS) is 19.4. The van der Waals surface area contributed by atoms with E-state index in [1.807, 2.05) is 12.1 Å². The Bertz CT molecular complexity index is 373. The van der Waals surface area contributed by atoms with Gasteiger partial charge in [0.25, 0.3) is 0 Å². The second kappa shape index (κ2) is 4.95. The third-order valence-electron chi connectivity index (χ3n) is 3.01. The average molecular weight is 216 g/mol. The van der Waals surface area contributed by atoms with E-state index in [1.165, 1.54) is 6.42 Å². The smallest absolute Gasteiger partial charge is 0.140 e. The highest BCUT2D eigenvalue weighted by Gasteiger charge is 2.21. The maximum atomic E-state index is 8.70. The quantitative estimate of drug-likeness (QED) is 0.823. The SMILES string of the molecule is CCN(c1ccc(C#N)nc1)C1CCNC1. The molecule has 1 atom stereocenters. The van der Waals surface area contributed by atoms with Gasteiger partial charge in [-0.05, 0) is 32.0 Å². The van der Waals surface area contributed by atoms with Gasteiger partial charge in [0.05, 0.1) is 11.9 Å². The van der Waals surface area contributed by atoms with Crippen LogP contribution < -0.4 is 10.2 Å². The number of anilines is 1. The molecule has 2 rings (SSSR count). The van der Waals surface area contributed by atoms with Crippen molar-refractivity contribution >= 4 is 5.69 Å². The van der Waals surface area contributed by atoms with Crippen LogP contribution in [0.4, 0.5) is 5.69 Å². The summed E-state index contributed by atoms with van der Waals surface area (Å²) in [6.07, 6.45) is 2.97. The molecule has 1 aromatic heterocycles. The van der Waals surface area contributed by atoms with Crippen molar-refractivity contribution in [3.05, 3.63) is 24.0 Å². The van der Waals surface area contributed by atoms with Crippen LogP contribution in [-0.2, 0) is 0 Å². The van der Waals surface area contributed by atoms with Crippen molar-refractivity contribution in [3.63, 3.8) is 0 Å². The van der Waals surface area contributed by atoms with Crippen molar-refractivity contribution in [1.82, 2.24) is 10.3 Å². The molecule has 1 aliphatic heterocycles. The molecule has 1 aliphatic rings. The highest BCUT2D eigenvalue weighted by Crippen LogP contribution is 2.19. The van der Waals surface area contributed by atoms with Gasteiger partial charge in [-0.15, -0.1) is 0 Å². The number of pyridine rings is 1. The van der Waals surface area contributed by atoms with Gasteiger partial charge in [-0.2, -0.15) is 5.26 Å². The molecule has 1 N–H and O–H groups in total. The number of hydrogen-bond donors (Lipinski definition) is 1. The minimum absolute atomic E-state index is 0.476. The van der Waals surface area contributed by atoms with Crippen LogP contribution >= 0.6 is 0 Å². The number of likely N-dealkylation sites (N-methyl/N-ethyl adjacent to an activating group) is 1. The molecule has 0 saturated carbocycles. The van der Waals surface area contributed by atoms with E-state index < -0.39 is 0 Å². The van der Waals surface area contributed by atoms with E-state index in [1.54, 1.807) is 12.3 Å². The lowest BCUT2D eigenvalue weighted by atomic mass is 10.2. The molecule has 16 heavy (non-hydrogen) atoms. The van der Waals surface area contributed by atoms with E-state index in [-0.39, 0.29) is 0 Å². The van der Waals surface area contributed by atoms with Gasteiger partial charge in [0, 0.05) is 19.1 Å². The summed E-state index contributed by atoms with van der Waals surface area (Å²) in [5, 5.41) is 12.1. The molecule has 0 aliphatic carbocycles. The summed E-state index contributed by atoms with van der Waals surface area (Å²) in [5.74, 6) is 0. The Morgan fingerprint density at radius 3 is 3.00 bits per heavy atom. The number of aromatic nitrogens is 1. The highest BCUT2D eigenvalue weighted by molar-refractivity contribution is 5.47. The largest absolute Gasteiger partial charge is 0.366 e. The zero-order valence-electron chi connectivity index (χ0n) is 9.48. The van der Waals surface area contributed by atoms with Crippen LogP contribution in [-0.4, -0.2) is 30.7 Å². The lowest BCUT2D eigenvalue weighted by Crippen LogP contribution is -2.36. The summed E-state index contributed by atoms with van der Waals surface area (Å²) in [7, 11) is 0. The maximum Gasteiger partial charge on any atom is 0.140 e. The maximum absolute atomic E-state index is 8.70. The van der Waals surface area contributed by atoms with Crippen molar-refractivity contribution in [2.45, 2.75) is 19.4 Å². The Labute approximate surface area is 95.9 Å². The first kappa shape index (κ1) is 10.9. The summed E-state index contributed by atoms with van der Waals surface area (Å²) >= 11 is 0. The first-order valence-corrected chi connectivity index (χ1v) is 5.68. The van der Waals surface area contributed by atoms with E-state index in [0.717, 1.165) is 25.3 Å². The molecule has 1 fully saturated rings. The number of rotatable bonds is 3. The van der Waals surface area contributed by atoms with Crippen molar-refractivity contribution in [3.8, 4) is 6.07 Å². The fraction of sp³-hybridized carbons (Fsp3) is 0.500. The van der Waals surface area contributed by atoms with Crippen LogP contribution in [0.3, 0.4) is 0 Å². The minimum atomic E-state index is 0.476. The second-order valence-electron chi connectivity index (χ2n) is 3.95. The number of hydrogen-bond acceptors (Lipinski definition) is 4. The Balaban J connectivity index is 2.16. The second-order valence-corrected chi connectivity index (χ2v) is 3.95. The van der Waals surface area contributed by atoms with Crippen LogP contribution in [0.1, 0.15) is 19.0 Å². The molecule has 0 radical (unpaired) electrons. The van der Waals surface area contributed by atoms with E-state index in [4.69, 9.17) is 5.26 Å². The Morgan fingerprint density at radius 1 is 1.62 bits per heavy atom. The summed E-state index contributed by atoms with van der Waals surface area (Å²) in [5.41, 5.74) is 1.58. The van der Waals surface area contributed by atoms with Crippen molar-refractivity contribution in [1.29, 1.82) is 5.26 Å². The Morgan fingerprint density at radius 2 is 2.50 bits per heavy atom. The van der Waals surface area contributed by atoms with Crippen molar-refractivity contribution < 1.29 is 0 Å². The van der Waals surface area contributed by atoms with Crippen LogP contribution in [0.25, 0.3) is 0 Å². The molecule has 4 nitrogen and oxygen atoms in total. The zero-order valence-corrected chi connectivity index (χ0v) is 9.48. The first-order valence-electron chi connectivity index (χ1n) is 5.68. The molecule has 2 heterocycles. The van der Waals surface area contributed by atoms with E-state index in [2.05, 4.69) is 22.1 Å². The number of nitrogens with zero attached hydrogens (tertiary/aromatic N) is 3. The van der Waals surface area contributed by atoms with Gasteiger partial charge in [-0.1, -0.05) is 0 Å². The first-order chi connectivity index (χ1) is 7.85. The van der Waals surface area contributed by atoms with Crippen LogP contribution in [0.5, 0.6) is 0 Å². The van der Waals surface area contributed by atoms with Gasteiger partial charge in [0.1, 0.15) is 11.8 Å². The third-order valence-corrected chi connectivity index (χ3v) is 3.01. The lowest BCUT2D eigenvalue weighted by Gasteiger charge is -2.29. The van der Waals surface area contributed by atoms with Crippen LogP contribution in [0, 0.1) is 11.3 Å². The number of nitriles is 1. The Hall–Kier alpha value is -1.60. The fourth-order valence-corrected chi connectivity index (χ4v) is 2.18. The summed E-state index contributed by atoms with van der Waals surface area (Å²) < 4.78 is 0. The summed E-state index contributed by atoms with van der Waals surface area (Å²) in [6, 6.07) is 6.35. The van der Waals surface area contributed by atoms with Crippen LogP contribution in [0.15, 0.2) is 18.3 Å². The van der Waals surface area contributed by atoms with Gasteiger partial charge in [-0.25, -0.2) is 4.98 Å². The highest BCUT2D eigenvalue weighted by atomic mass is 15.2. The fourth-order valence-electron chi connectivity index (χ4n) is 2.18. The molecule has 0 bridgehead atoms. The van der Waals surface area contributed by atoms with Gasteiger partial charge in [0.2, 0.25) is 0 Å². The van der Waals surface area contributed by atoms with E-state index in [9.17, 15) is 0 Å². The van der Waals surface area contributed by atoms with E-state index in [0.29, 0.717) is 11.7 Å². The molecule has 0 aromatic carbocycles. The zero-order chi connectivity index (χ0) is 11.4.